The number of nitrogens with one attached hydrogen (secondary N) is 1. The number of benzene rings is 1. The van der Waals surface area contributed by atoms with Gasteiger partial charge in [0.1, 0.15) is 11.5 Å². The summed E-state index contributed by atoms with van der Waals surface area (Å²) in [4.78, 5) is 11.9. The maximum atomic E-state index is 11.9. The van der Waals surface area contributed by atoms with Crippen LogP contribution in [0.25, 0.3) is 6.08 Å². The fourth-order valence-electron chi connectivity index (χ4n) is 2.54. The Morgan fingerprint density at radius 2 is 2.08 bits per heavy atom. The lowest BCUT2D eigenvalue weighted by Crippen LogP contribution is -2.26. The third kappa shape index (κ3) is 3.60. The molecule has 1 aliphatic rings. The third-order valence-electron chi connectivity index (χ3n) is 3.73. The van der Waals surface area contributed by atoms with Gasteiger partial charge >= 0.3 is 0 Å². The van der Waals surface area contributed by atoms with E-state index in [4.69, 9.17) is 13.9 Å². The molecular formula is C18H19NO5. The number of aliphatic hydroxyl groups excluding tert-OH is 1. The molecule has 2 heterocycles. The second kappa shape index (κ2) is 6.80. The van der Waals surface area contributed by atoms with Crippen LogP contribution in [-0.4, -0.2) is 24.4 Å². The number of furan rings is 1. The maximum Gasteiger partial charge on any atom is 0.244 e. The van der Waals surface area contributed by atoms with Crippen molar-refractivity contribution in [2.24, 2.45) is 0 Å². The first-order chi connectivity index (χ1) is 11.5. The fourth-order valence-corrected chi connectivity index (χ4v) is 2.54. The molecule has 1 aromatic carbocycles. The first kappa shape index (κ1) is 16.1. The second-order valence-electron chi connectivity index (χ2n) is 5.58. The van der Waals surface area contributed by atoms with Crippen LogP contribution in [0.1, 0.15) is 28.8 Å². The van der Waals surface area contributed by atoms with E-state index in [0.717, 1.165) is 11.3 Å². The van der Waals surface area contributed by atoms with Gasteiger partial charge in [-0.15, -0.1) is 0 Å². The zero-order chi connectivity index (χ0) is 17.1. The number of aryl methyl sites for hydroxylation is 2. The summed E-state index contributed by atoms with van der Waals surface area (Å²) < 4.78 is 15.9. The summed E-state index contributed by atoms with van der Waals surface area (Å²) >= 11 is 0. The number of ether oxygens (including phenoxy) is 2. The van der Waals surface area contributed by atoms with Crippen molar-refractivity contribution in [3.05, 3.63) is 53.0 Å². The van der Waals surface area contributed by atoms with Crippen LogP contribution < -0.4 is 14.8 Å². The van der Waals surface area contributed by atoms with Crippen molar-refractivity contribution in [2.45, 2.75) is 20.0 Å². The average molecular weight is 329 g/mol. The van der Waals surface area contributed by atoms with Crippen molar-refractivity contribution in [1.82, 2.24) is 5.32 Å². The second-order valence-corrected chi connectivity index (χ2v) is 5.58. The lowest BCUT2D eigenvalue weighted by molar-refractivity contribution is -0.116. The zero-order valence-electron chi connectivity index (χ0n) is 13.5. The number of fused-ring (bicyclic) bond motifs is 1. The monoisotopic (exact) mass is 329 g/mol. The van der Waals surface area contributed by atoms with Crippen LogP contribution in [0.4, 0.5) is 0 Å². The average Bonchev–Trinajstić information content (AvgIpc) is 3.15. The third-order valence-corrected chi connectivity index (χ3v) is 3.73. The quantitative estimate of drug-likeness (QED) is 0.824. The molecule has 6 heteroatoms. The van der Waals surface area contributed by atoms with Crippen molar-refractivity contribution in [2.75, 3.05) is 13.3 Å². The molecule has 1 atom stereocenters. The van der Waals surface area contributed by atoms with Crippen LogP contribution >= 0.6 is 0 Å². The molecule has 2 N–H and O–H groups in total. The minimum Gasteiger partial charge on any atom is -0.466 e. The molecule has 0 bridgehead atoms. The van der Waals surface area contributed by atoms with E-state index in [2.05, 4.69) is 5.32 Å². The Morgan fingerprint density at radius 3 is 2.83 bits per heavy atom. The van der Waals surface area contributed by atoms with Gasteiger partial charge in [0.2, 0.25) is 12.7 Å². The Bertz CT molecular complexity index is 778. The van der Waals surface area contributed by atoms with E-state index in [1.54, 1.807) is 31.2 Å². The number of hydrogen-bond acceptors (Lipinski definition) is 5. The van der Waals surface area contributed by atoms with Crippen LogP contribution in [0.2, 0.25) is 0 Å². The highest BCUT2D eigenvalue weighted by atomic mass is 16.7. The molecule has 1 aliphatic heterocycles. The molecule has 126 valence electrons. The van der Waals surface area contributed by atoms with Crippen LogP contribution in [0.3, 0.4) is 0 Å². The van der Waals surface area contributed by atoms with Crippen molar-refractivity contribution in [3.63, 3.8) is 0 Å². The van der Waals surface area contributed by atoms with E-state index >= 15 is 0 Å². The van der Waals surface area contributed by atoms with Gasteiger partial charge in [-0.25, -0.2) is 0 Å². The van der Waals surface area contributed by atoms with Crippen LogP contribution in [0.5, 0.6) is 11.5 Å². The summed E-state index contributed by atoms with van der Waals surface area (Å²) in [7, 11) is 0. The Morgan fingerprint density at radius 1 is 1.29 bits per heavy atom. The van der Waals surface area contributed by atoms with Crippen molar-refractivity contribution < 1.29 is 23.8 Å². The summed E-state index contributed by atoms with van der Waals surface area (Å²) in [5.41, 5.74) is 1.52. The Kier molecular flexibility index (Phi) is 4.57. The molecule has 1 unspecified atom stereocenters. The van der Waals surface area contributed by atoms with Crippen LogP contribution in [0.15, 0.2) is 34.8 Å². The largest absolute Gasteiger partial charge is 0.466 e. The Balaban J connectivity index is 1.54. The summed E-state index contributed by atoms with van der Waals surface area (Å²) in [5.74, 6) is 2.47. The highest BCUT2D eigenvalue weighted by Gasteiger charge is 2.15. The molecule has 0 saturated heterocycles. The topological polar surface area (TPSA) is 80.9 Å². The van der Waals surface area contributed by atoms with Gasteiger partial charge in [-0.05, 0) is 43.7 Å². The smallest absolute Gasteiger partial charge is 0.244 e. The molecule has 0 aliphatic carbocycles. The first-order valence-electron chi connectivity index (χ1n) is 7.63. The fraction of sp³-hybridized carbons (Fsp3) is 0.278. The maximum absolute atomic E-state index is 11.9. The highest BCUT2D eigenvalue weighted by Crippen LogP contribution is 2.32. The van der Waals surface area contributed by atoms with E-state index in [9.17, 15) is 9.90 Å². The standard InChI is InChI=1S/C18H19NO5/c1-11-7-14(12(2)24-11)15(20)9-19-18(21)6-4-13-3-5-16-17(8-13)23-10-22-16/h3-8,15,20H,9-10H2,1-2H3,(H,19,21). The molecule has 0 spiro atoms. The predicted molar refractivity (Wildman–Crippen MR) is 87.8 cm³/mol. The number of amides is 1. The molecule has 24 heavy (non-hydrogen) atoms. The van der Waals surface area contributed by atoms with E-state index in [0.29, 0.717) is 22.8 Å². The number of hydrogen-bond donors (Lipinski definition) is 2. The van der Waals surface area contributed by atoms with Gasteiger partial charge in [0.05, 0.1) is 6.10 Å². The lowest BCUT2D eigenvalue weighted by Gasteiger charge is -2.09. The van der Waals surface area contributed by atoms with Crippen molar-refractivity contribution in [3.8, 4) is 11.5 Å². The zero-order valence-corrected chi connectivity index (χ0v) is 13.5. The molecule has 0 saturated carbocycles. The number of carbonyl (C=O) groups is 1. The van der Waals surface area contributed by atoms with Gasteiger partial charge in [0.15, 0.2) is 11.5 Å². The lowest BCUT2D eigenvalue weighted by atomic mass is 10.1. The Hall–Kier alpha value is -2.73. The van der Waals surface area contributed by atoms with E-state index in [1.807, 2.05) is 13.0 Å². The number of rotatable bonds is 5. The van der Waals surface area contributed by atoms with E-state index in [-0.39, 0.29) is 19.2 Å². The first-order valence-corrected chi connectivity index (χ1v) is 7.63. The summed E-state index contributed by atoms with van der Waals surface area (Å²) in [6.45, 7) is 3.93. The van der Waals surface area contributed by atoms with Crippen LogP contribution in [0, 0.1) is 13.8 Å². The van der Waals surface area contributed by atoms with Gasteiger partial charge in [0, 0.05) is 18.2 Å². The molecule has 1 amide bonds. The Labute approximate surface area is 139 Å². The molecule has 6 nitrogen and oxygen atoms in total. The SMILES string of the molecule is Cc1cc(C(O)CNC(=O)C=Cc2ccc3c(c2)OCO3)c(C)o1. The molecular weight excluding hydrogens is 310 g/mol. The predicted octanol–water partition coefficient (Wildman–Crippen LogP) is 2.49. The number of aliphatic hydroxyl groups is 1. The minimum absolute atomic E-state index is 0.115. The summed E-state index contributed by atoms with van der Waals surface area (Å²) in [6.07, 6.45) is 2.29. The molecule has 2 aromatic rings. The normalized spacial score (nSPS) is 14.1. The molecule has 3 rings (SSSR count). The number of carbonyl (C=O) groups excluding carboxylic acids is 1. The van der Waals surface area contributed by atoms with Gasteiger partial charge in [0.25, 0.3) is 0 Å². The van der Waals surface area contributed by atoms with Gasteiger partial charge in [-0.1, -0.05) is 6.07 Å². The van der Waals surface area contributed by atoms with Gasteiger partial charge in [-0.2, -0.15) is 0 Å². The summed E-state index contributed by atoms with van der Waals surface area (Å²) in [5, 5.41) is 12.8. The minimum atomic E-state index is -0.801. The summed E-state index contributed by atoms with van der Waals surface area (Å²) in [6, 6.07) is 7.21. The van der Waals surface area contributed by atoms with E-state index in [1.165, 1.54) is 6.08 Å². The van der Waals surface area contributed by atoms with Gasteiger partial charge < -0.3 is 24.3 Å². The van der Waals surface area contributed by atoms with Crippen LogP contribution in [-0.2, 0) is 4.79 Å². The highest BCUT2D eigenvalue weighted by molar-refractivity contribution is 5.91. The van der Waals surface area contributed by atoms with Crippen molar-refractivity contribution >= 4 is 12.0 Å². The van der Waals surface area contributed by atoms with Gasteiger partial charge in [-0.3, -0.25) is 4.79 Å². The van der Waals surface area contributed by atoms with Crippen molar-refractivity contribution in [1.29, 1.82) is 0 Å². The van der Waals surface area contributed by atoms with E-state index < -0.39 is 6.10 Å². The molecule has 0 fully saturated rings. The molecule has 1 aromatic heterocycles. The molecule has 0 radical (unpaired) electrons.